The summed E-state index contributed by atoms with van der Waals surface area (Å²) >= 11 is 0. The van der Waals surface area contributed by atoms with Crippen molar-refractivity contribution in [2.45, 2.75) is 12.3 Å². The molecule has 10 nitrogen and oxygen atoms in total. The molecule has 2 N–H and O–H groups in total. The number of hydroxylamine groups is 2. The minimum absolute atomic E-state index is 0.000295. The van der Waals surface area contributed by atoms with Gasteiger partial charge in [0, 0.05) is 32.5 Å². The summed E-state index contributed by atoms with van der Waals surface area (Å²) in [6.45, 7) is 2.37. The van der Waals surface area contributed by atoms with Gasteiger partial charge in [-0.05, 0) is 0 Å². The molecule has 1 aromatic rings. The third kappa shape index (κ3) is 3.36. The molecule has 1 unspecified atom stereocenters. The molecule has 0 aliphatic carbocycles. The number of ether oxygens (including phenoxy) is 3. The molecule has 1 fully saturated rings. The zero-order valence-electron chi connectivity index (χ0n) is 13.1. The number of hydrogen-bond donors (Lipinski definition) is 2. The maximum absolute atomic E-state index is 11.9. The number of methoxy groups -OCH3 is 1. The lowest BCUT2D eigenvalue weighted by Gasteiger charge is -2.26. The number of aromatic nitrogens is 2. The van der Waals surface area contributed by atoms with E-state index in [1.54, 1.807) is 5.06 Å². The highest BCUT2D eigenvalue weighted by atomic mass is 16.7. The maximum Gasteiger partial charge on any atom is 0.331 e. The first-order valence-electron chi connectivity index (χ1n) is 7.48. The molecule has 0 saturated carbocycles. The zero-order chi connectivity index (χ0) is 17.1. The van der Waals surface area contributed by atoms with Gasteiger partial charge in [-0.25, -0.2) is 4.79 Å². The first-order valence-corrected chi connectivity index (χ1v) is 7.48. The summed E-state index contributed by atoms with van der Waals surface area (Å²) in [4.78, 5) is 30.8. The molecule has 0 radical (unpaired) electrons. The molecule has 2 atom stereocenters. The number of nitrogens with one attached hydrogen (secondary N) is 1. The smallest absolute Gasteiger partial charge is 0.331 e. The van der Waals surface area contributed by atoms with Crippen LogP contribution >= 0.6 is 0 Å². The molecule has 1 saturated heterocycles. The number of aliphatic hydroxyl groups is 1. The zero-order valence-corrected chi connectivity index (χ0v) is 13.1. The minimum Gasteiger partial charge on any atom is -0.506 e. The Kier molecular flexibility index (Phi) is 5.00. The van der Waals surface area contributed by atoms with Crippen molar-refractivity contribution in [2.75, 3.05) is 40.0 Å². The molecule has 3 rings (SSSR count). The lowest BCUT2D eigenvalue weighted by Crippen LogP contribution is -2.37. The molecule has 3 heterocycles. The standard InChI is InChI=1S/C14H19N3O7/c1-21-12-11(19)9(8-23-16-4-6-22-7-5-16)24-13(12)17-3-2-10(18)15-14(17)20/h2-3,12-13,19H,4-8H2,1H3,(H,15,18,20)/t12?,13-/m1/s1. The SMILES string of the molecule is COC1C(O)=C(CON2CCOCC2)O[C@H]1n1ccc(=O)[nH]c1=O. The van der Waals surface area contributed by atoms with Gasteiger partial charge in [-0.15, -0.1) is 0 Å². The van der Waals surface area contributed by atoms with E-state index in [9.17, 15) is 14.7 Å². The summed E-state index contributed by atoms with van der Waals surface area (Å²) < 4.78 is 17.2. The average Bonchev–Trinajstić information content (AvgIpc) is 2.89. The van der Waals surface area contributed by atoms with Gasteiger partial charge >= 0.3 is 5.69 Å². The molecular weight excluding hydrogens is 322 g/mol. The van der Waals surface area contributed by atoms with Gasteiger partial charge in [0.05, 0.1) is 13.2 Å². The van der Waals surface area contributed by atoms with E-state index in [2.05, 4.69) is 4.98 Å². The molecule has 24 heavy (non-hydrogen) atoms. The second-order valence-electron chi connectivity index (χ2n) is 5.31. The molecule has 132 valence electrons. The topological polar surface area (TPSA) is 115 Å². The second kappa shape index (κ2) is 7.18. The number of aliphatic hydroxyl groups excluding tert-OH is 1. The van der Waals surface area contributed by atoms with Crippen LogP contribution < -0.4 is 11.2 Å². The van der Waals surface area contributed by atoms with Crippen LogP contribution in [0.25, 0.3) is 0 Å². The highest BCUT2D eigenvalue weighted by molar-refractivity contribution is 5.14. The van der Waals surface area contributed by atoms with Crippen LogP contribution in [0.5, 0.6) is 0 Å². The molecule has 0 spiro atoms. The summed E-state index contributed by atoms with van der Waals surface area (Å²) in [6.07, 6.45) is -0.517. The Morgan fingerprint density at radius 1 is 1.38 bits per heavy atom. The average molecular weight is 341 g/mol. The monoisotopic (exact) mass is 341 g/mol. The predicted octanol–water partition coefficient (Wildman–Crippen LogP) is -0.886. The van der Waals surface area contributed by atoms with Crippen LogP contribution in [0.4, 0.5) is 0 Å². The van der Waals surface area contributed by atoms with Crippen molar-refractivity contribution in [1.82, 2.24) is 14.6 Å². The number of H-pyrrole nitrogens is 1. The van der Waals surface area contributed by atoms with Crippen molar-refractivity contribution < 1.29 is 24.2 Å². The van der Waals surface area contributed by atoms with Crippen molar-refractivity contribution in [1.29, 1.82) is 0 Å². The summed E-state index contributed by atoms with van der Waals surface area (Å²) in [7, 11) is 1.39. The molecule has 0 aromatic carbocycles. The molecule has 10 heteroatoms. The number of nitrogens with zero attached hydrogens (tertiary/aromatic N) is 2. The first-order chi connectivity index (χ1) is 11.6. The fraction of sp³-hybridized carbons (Fsp3) is 0.571. The highest BCUT2D eigenvalue weighted by Crippen LogP contribution is 2.32. The largest absolute Gasteiger partial charge is 0.506 e. The van der Waals surface area contributed by atoms with Gasteiger partial charge in [-0.1, -0.05) is 0 Å². The number of morpholine rings is 1. The van der Waals surface area contributed by atoms with Crippen molar-refractivity contribution in [2.24, 2.45) is 0 Å². The first kappa shape index (κ1) is 16.7. The number of aromatic amines is 1. The quantitative estimate of drug-likeness (QED) is 0.709. The molecule has 0 amide bonds. The van der Waals surface area contributed by atoms with E-state index in [0.717, 1.165) is 4.57 Å². The van der Waals surface area contributed by atoms with Crippen LogP contribution in [0.15, 0.2) is 33.4 Å². The highest BCUT2D eigenvalue weighted by Gasteiger charge is 2.39. The van der Waals surface area contributed by atoms with Gasteiger partial charge in [-0.2, -0.15) is 5.06 Å². The van der Waals surface area contributed by atoms with E-state index < -0.39 is 23.6 Å². The van der Waals surface area contributed by atoms with Gasteiger partial charge in [0.15, 0.2) is 17.6 Å². The fourth-order valence-electron chi connectivity index (χ4n) is 2.55. The van der Waals surface area contributed by atoms with Gasteiger partial charge in [0.25, 0.3) is 5.56 Å². The predicted molar refractivity (Wildman–Crippen MR) is 80.2 cm³/mol. The Morgan fingerprint density at radius 2 is 2.12 bits per heavy atom. The Hall–Kier alpha value is -2.14. The Balaban J connectivity index is 1.73. The Morgan fingerprint density at radius 3 is 2.79 bits per heavy atom. The van der Waals surface area contributed by atoms with E-state index in [4.69, 9.17) is 19.0 Å². The van der Waals surface area contributed by atoms with Crippen molar-refractivity contribution >= 4 is 0 Å². The lowest BCUT2D eigenvalue weighted by atomic mass is 10.2. The molecular formula is C14H19N3O7. The van der Waals surface area contributed by atoms with Crippen molar-refractivity contribution in [3.8, 4) is 0 Å². The minimum atomic E-state index is -0.928. The maximum atomic E-state index is 11.9. The lowest BCUT2D eigenvalue weighted by molar-refractivity contribution is -0.194. The van der Waals surface area contributed by atoms with E-state index >= 15 is 0 Å². The van der Waals surface area contributed by atoms with Gasteiger partial charge < -0.3 is 19.3 Å². The molecule has 2 aliphatic heterocycles. The number of hydrogen-bond acceptors (Lipinski definition) is 8. The van der Waals surface area contributed by atoms with Crippen LogP contribution in [-0.2, 0) is 19.0 Å². The third-order valence-electron chi connectivity index (χ3n) is 3.80. The normalized spacial score (nSPS) is 25.0. The van der Waals surface area contributed by atoms with Crippen molar-refractivity contribution in [3.05, 3.63) is 44.6 Å². The number of rotatable bonds is 5. The van der Waals surface area contributed by atoms with Crippen LogP contribution in [0.3, 0.4) is 0 Å². The van der Waals surface area contributed by atoms with Crippen molar-refractivity contribution in [3.63, 3.8) is 0 Å². The summed E-state index contributed by atoms with van der Waals surface area (Å²) in [6, 6.07) is 1.19. The summed E-state index contributed by atoms with van der Waals surface area (Å²) in [5, 5.41) is 12.0. The fourth-order valence-corrected chi connectivity index (χ4v) is 2.55. The van der Waals surface area contributed by atoms with E-state index in [1.165, 1.54) is 19.4 Å². The second-order valence-corrected chi connectivity index (χ2v) is 5.31. The van der Waals surface area contributed by atoms with Gasteiger partial charge in [0.1, 0.15) is 6.61 Å². The van der Waals surface area contributed by atoms with E-state index in [-0.39, 0.29) is 18.1 Å². The van der Waals surface area contributed by atoms with E-state index in [0.29, 0.717) is 26.3 Å². The molecule has 1 aromatic heterocycles. The molecule has 2 aliphatic rings. The van der Waals surface area contributed by atoms with E-state index in [1.807, 2.05) is 0 Å². The van der Waals surface area contributed by atoms with Crippen LogP contribution in [0.1, 0.15) is 6.23 Å². The van der Waals surface area contributed by atoms with Crippen LogP contribution in [0, 0.1) is 0 Å². The summed E-state index contributed by atoms with van der Waals surface area (Å²) in [5.74, 6) is 0.0327. The van der Waals surface area contributed by atoms with Crippen LogP contribution in [-0.4, -0.2) is 65.8 Å². The summed E-state index contributed by atoms with van der Waals surface area (Å²) in [5.41, 5.74) is -1.17. The molecule has 0 bridgehead atoms. The third-order valence-corrected chi connectivity index (χ3v) is 3.80. The Bertz CT molecular complexity index is 720. The Labute approximate surface area is 136 Å². The van der Waals surface area contributed by atoms with Crippen LogP contribution in [0.2, 0.25) is 0 Å². The van der Waals surface area contributed by atoms with Gasteiger partial charge in [0.2, 0.25) is 6.23 Å². The van der Waals surface area contributed by atoms with Gasteiger partial charge in [-0.3, -0.25) is 19.2 Å².